The fraction of sp³-hybridized carbons (Fsp3) is 0.353. The van der Waals surface area contributed by atoms with Gasteiger partial charge in [0.2, 0.25) is 0 Å². The van der Waals surface area contributed by atoms with Crippen LogP contribution in [0.1, 0.15) is 66.3 Å². The Bertz CT molecular complexity index is 1510. The number of ketones is 1. The van der Waals surface area contributed by atoms with Gasteiger partial charge >= 0.3 is 0 Å². The molecule has 0 aliphatic carbocycles. The van der Waals surface area contributed by atoms with E-state index in [4.69, 9.17) is 9.15 Å². The molecule has 4 aromatic rings. The summed E-state index contributed by atoms with van der Waals surface area (Å²) in [4.78, 5) is 28.8. The second-order valence-corrected chi connectivity index (χ2v) is 10.4. The van der Waals surface area contributed by atoms with Gasteiger partial charge in [0.05, 0.1) is 5.56 Å². The van der Waals surface area contributed by atoms with Crippen LogP contribution in [0.4, 0.5) is 5.69 Å². The lowest BCUT2D eigenvalue weighted by Crippen LogP contribution is -2.38. The second-order valence-electron chi connectivity index (χ2n) is 10.4. The number of furan rings is 1. The van der Waals surface area contributed by atoms with Gasteiger partial charge < -0.3 is 19.4 Å². The van der Waals surface area contributed by atoms with E-state index in [-0.39, 0.29) is 17.7 Å². The highest BCUT2D eigenvalue weighted by molar-refractivity contribution is 6.13. The standard InChI is InChI=1S/C34H38N2O4/c1-5-30(37)32-28-20-27(24-9-8-10-25(19-24)34(38)35-26-15-17-39-18-16-26)29(36(6-2)7-3)21-31(28)40-33(32)23-13-11-22(4)12-14-23/h8-14,19-21,26H,5-7,15-18H2,1-4H3,(H,35,38). The Morgan fingerprint density at radius 3 is 2.33 bits per heavy atom. The molecule has 1 aliphatic rings. The zero-order valence-electron chi connectivity index (χ0n) is 23.9. The molecule has 1 amide bonds. The lowest BCUT2D eigenvalue weighted by molar-refractivity contribution is 0.0696. The number of carbonyl (C=O) groups excluding carboxylic acids is 2. The van der Waals surface area contributed by atoms with Gasteiger partial charge in [0, 0.05) is 72.6 Å². The minimum absolute atomic E-state index is 0.0421. The number of benzene rings is 3. The molecule has 1 aromatic heterocycles. The van der Waals surface area contributed by atoms with Gasteiger partial charge in [0.1, 0.15) is 11.3 Å². The van der Waals surface area contributed by atoms with E-state index in [1.54, 1.807) is 0 Å². The van der Waals surface area contributed by atoms with E-state index in [2.05, 4.69) is 36.2 Å². The van der Waals surface area contributed by atoms with Crippen LogP contribution in [0, 0.1) is 6.92 Å². The van der Waals surface area contributed by atoms with Gasteiger partial charge in [-0.2, -0.15) is 0 Å². The normalized spacial score (nSPS) is 13.9. The molecule has 0 unspecified atom stereocenters. The monoisotopic (exact) mass is 538 g/mol. The Hall–Kier alpha value is -3.90. The minimum Gasteiger partial charge on any atom is -0.455 e. The van der Waals surface area contributed by atoms with Gasteiger partial charge in [0.15, 0.2) is 5.78 Å². The van der Waals surface area contributed by atoms with Crippen molar-refractivity contribution in [1.29, 1.82) is 0 Å². The zero-order chi connectivity index (χ0) is 28.2. The van der Waals surface area contributed by atoms with Crippen molar-refractivity contribution in [1.82, 2.24) is 5.32 Å². The molecular weight excluding hydrogens is 500 g/mol. The van der Waals surface area contributed by atoms with Crippen LogP contribution < -0.4 is 10.2 Å². The maximum atomic E-state index is 13.3. The van der Waals surface area contributed by atoms with Crippen molar-refractivity contribution in [2.24, 2.45) is 0 Å². The van der Waals surface area contributed by atoms with Gasteiger partial charge in [-0.15, -0.1) is 0 Å². The summed E-state index contributed by atoms with van der Waals surface area (Å²) in [6, 6.07) is 20.1. The number of amides is 1. The molecule has 1 fully saturated rings. The predicted octanol–water partition coefficient (Wildman–Crippen LogP) is 7.42. The number of nitrogens with one attached hydrogen (secondary N) is 1. The first-order valence-electron chi connectivity index (χ1n) is 14.4. The molecule has 6 nitrogen and oxygen atoms in total. The van der Waals surface area contributed by atoms with Crippen molar-refractivity contribution in [3.05, 3.63) is 77.4 Å². The van der Waals surface area contributed by atoms with Crippen LogP contribution in [0.15, 0.2) is 65.1 Å². The van der Waals surface area contributed by atoms with E-state index in [0.717, 1.165) is 59.3 Å². The van der Waals surface area contributed by atoms with Gasteiger partial charge in [-0.1, -0.05) is 48.9 Å². The summed E-state index contributed by atoms with van der Waals surface area (Å²) in [5.41, 5.74) is 6.86. The topological polar surface area (TPSA) is 71.8 Å². The summed E-state index contributed by atoms with van der Waals surface area (Å²) in [5.74, 6) is 0.570. The Morgan fingerprint density at radius 1 is 0.925 bits per heavy atom. The molecule has 1 aliphatic heterocycles. The highest BCUT2D eigenvalue weighted by Crippen LogP contribution is 2.41. The molecule has 0 radical (unpaired) electrons. The van der Waals surface area contributed by atoms with Crippen LogP contribution in [0.5, 0.6) is 0 Å². The van der Waals surface area contributed by atoms with E-state index in [1.165, 1.54) is 0 Å². The molecule has 0 saturated carbocycles. The molecule has 3 aromatic carbocycles. The van der Waals surface area contributed by atoms with Gasteiger partial charge in [0.25, 0.3) is 5.91 Å². The quantitative estimate of drug-likeness (QED) is 0.225. The fourth-order valence-electron chi connectivity index (χ4n) is 5.49. The van der Waals surface area contributed by atoms with E-state index < -0.39 is 0 Å². The van der Waals surface area contributed by atoms with Crippen molar-refractivity contribution in [3.8, 4) is 22.5 Å². The number of fused-ring (bicyclic) bond motifs is 1. The molecule has 1 saturated heterocycles. The van der Waals surface area contributed by atoms with Crippen LogP contribution in [0.2, 0.25) is 0 Å². The third-order valence-corrected chi connectivity index (χ3v) is 7.82. The van der Waals surface area contributed by atoms with Crippen molar-refractivity contribution in [2.45, 2.75) is 53.0 Å². The lowest BCUT2D eigenvalue weighted by atomic mass is 9.95. The lowest BCUT2D eigenvalue weighted by Gasteiger charge is -2.25. The molecular formula is C34H38N2O4. The van der Waals surface area contributed by atoms with Crippen LogP contribution in [0.25, 0.3) is 33.4 Å². The Balaban J connectivity index is 1.65. The number of rotatable bonds is 9. The van der Waals surface area contributed by atoms with E-state index in [0.29, 0.717) is 42.1 Å². The summed E-state index contributed by atoms with van der Waals surface area (Å²) < 4.78 is 11.9. The average molecular weight is 539 g/mol. The van der Waals surface area contributed by atoms with Crippen molar-refractivity contribution < 1.29 is 18.7 Å². The van der Waals surface area contributed by atoms with E-state index in [9.17, 15) is 9.59 Å². The van der Waals surface area contributed by atoms with Crippen LogP contribution >= 0.6 is 0 Å². The third kappa shape index (κ3) is 5.54. The number of nitrogens with zero attached hydrogens (tertiary/aromatic N) is 1. The molecule has 5 rings (SSSR count). The Labute approximate surface area is 236 Å². The summed E-state index contributed by atoms with van der Waals surface area (Å²) in [5, 5.41) is 3.97. The van der Waals surface area contributed by atoms with Gasteiger partial charge in [-0.3, -0.25) is 9.59 Å². The van der Waals surface area contributed by atoms with Crippen LogP contribution in [-0.4, -0.2) is 44.0 Å². The first-order valence-corrected chi connectivity index (χ1v) is 14.4. The summed E-state index contributed by atoms with van der Waals surface area (Å²) in [6.07, 6.45) is 2.03. The molecule has 40 heavy (non-hydrogen) atoms. The summed E-state index contributed by atoms with van der Waals surface area (Å²) >= 11 is 0. The molecule has 208 valence electrons. The number of aryl methyl sites for hydroxylation is 1. The van der Waals surface area contributed by atoms with Crippen LogP contribution in [0.3, 0.4) is 0 Å². The number of Topliss-reactive ketones (excluding diaryl/α,β-unsaturated/α-hetero) is 1. The fourth-order valence-corrected chi connectivity index (χ4v) is 5.49. The van der Waals surface area contributed by atoms with E-state index >= 15 is 0 Å². The number of ether oxygens (including phenoxy) is 1. The first-order chi connectivity index (χ1) is 19.4. The molecule has 2 heterocycles. The smallest absolute Gasteiger partial charge is 0.251 e. The van der Waals surface area contributed by atoms with Crippen molar-refractivity contribution >= 4 is 28.3 Å². The Kier molecular flexibility index (Phi) is 8.36. The first kappa shape index (κ1) is 27.7. The average Bonchev–Trinajstić information content (AvgIpc) is 3.36. The maximum absolute atomic E-state index is 13.3. The predicted molar refractivity (Wildman–Crippen MR) is 161 cm³/mol. The summed E-state index contributed by atoms with van der Waals surface area (Å²) in [7, 11) is 0. The highest BCUT2D eigenvalue weighted by atomic mass is 16.5. The zero-order valence-corrected chi connectivity index (χ0v) is 23.9. The van der Waals surface area contributed by atoms with Crippen LogP contribution in [-0.2, 0) is 4.74 Å². The highest BCUT2D eigenvalue weighted by Gasteiger charge is 2.24. The number of hydrogen-bond acceptors (Lipinski definition) is 5. The molecule has 1 N–H and O–H groups in total. The molecule has 6 heteroatoms. The maximum Gasteiger partial charge on any atom is 0.251 e. The van der Waals surface area contributed by atoms with Gasteiger partial charge in [-0.05, 0) is 57.4 Å². The molecule has 0 atom stereocenters. The molecule has 0 spiro atoms. The van der Waals surface area contributed by atoms with Crippen molar-refractivity contribution in [3.63, 3.8) is 0 Å². The van der Waals surface area contributed by atoms with Gasteiger partial charge in [-0.25, -0.2) is 0 Å². The molecule has 0 bridgehead atoms. The number of carbonyl (C=O) groups is 2. The third-order valence-electron chi connectivity index (χ3n) is 7.82. The SMILES string of the molecule is CCC(=O)c1c(-c2ccc(C)cc2)oc2cc(N(CC)CC)c(-c3cccc(C(=O)NC4CCOCC4)c3)cc12. The second kappa shape index (κ2) is 12.1. The summed E-state index contributed by atoms with van der Waals surface area (Å²) in [6.45, 7) is 11.1. The minimum atomic E-state index is -0.0777. The van der Waals surface area contributed by atoms with Crippen molar-refractivity contribution in [2.75, 3.05) is 31.2 Å². The number of hydrogen-bond donors (Lipinski definition) is 1. The number of anilines is 1. The Morgan fingerprint density at radius 2 is 1.65 bits per heavy atom. The largest absolute Gasteiger partial charge is 0.455 e. The van der Waals surface area contributed by atoms with E-state index in [1.807, 2.05) is 62.4 Å².